The number of para-hydroxylation sites is 3. The first-order chi connectivity index (χ1) is 27.8. The third-order valence-electron chi connectivity index (χ3n) is 11.2. The maximum absolute atomic E-state index is 6.41. The van der Waals surface area contributed by atoms with Crippen molar-refractivity contribution < 1.29 is 4.42 Å². The molecule has 8 aromatic carbocycles. The molecule has 0 bridgehead atoms. The van der Waals surface area contributed by atoms with Crippen LogP contribution in [0.2, 0.25) is 0 Å². The number of fused-ring (bicyclic) bond motifs is 9. The first-order valence-corrected chi connectivity index (χ1v) is 18.8. The molecular weight excluding hydrogens is 687 g/mol. The lowest BCUT2D eigenvalue weighted by atomic mass is 10.1. The van der Waals surface area contributed by atoms with Crippen LogP contribution in [0.25, 0.3) is 105 Å². The van der Waals surface area contributed by atoms with Crippen molar-refractivity contribution in [1.29, 1.82) is 0 Å². The summed E-state index contributed by atoms with van der Waals surface area (Å²) in [7, 11) is 0. The summed E-state index contributed by atoms with van der Waals surface area (Å²) in [5.41, 5.74) is 11.4. The number of nitrogens with zero attached hydrogens (tertiary/aromatic N) is 5. The van der Waals surface area contributed by atoms with Crippen LogP contribution < -0.4 is 0 Å². The Morgan fingerprint density at radius 2 is 0.893 bits per heavy atom. The maximum Gasteiger partial charge on any atom is 0.168 e. The molecule has 0 aliphatic carbocycles. The van der Waals surface area contributed by atoms with Crippen LogP contribution in [0.3, 0.4) is 0 Å². The van der Waals surface area contributed by atoms with Gasteiger partial charge >= 0.3 is 0 Å². The molecule has 0 N–H and O–H groups in total. The molecule has 0 unspecified atom stereocenters. The third-order valence-corrected chi connectivity index (χ3v) is 11.2. The molecule has 56 heavy (non-hydrogen) atoms. The molecule has 0 saturated carbocycles. The highest BCUT2D eigenvalue weighted by molar-refractivity contribution is 6.17. The molecule has 0 amide bonds. The molecule has 12 rings (SSSR count). The third kappa shape index (κ3) is 4.44. The average molecular weight is 718 g/mol. The van der Waals surface area contributed by atoms with E-state index < -0.39 is 0 Å². The number of benzene rings is 8. The van der Waals surface area contributed by atoms with Gasteiger partial charge < -0.3 is 13.6 Å². The van der Waals surface area contributed by atoms with Crippen molar-refractivity contribution in [3.05, 3.63) is 188 Å². The topological polar surface area (TPSA) is 53.7 Å². The fraction of sp³-hybridized carbons (Fsp3) is 0. The van der Waals surface area contributed by atoms with Crippen molar-refractivity contribution in [1.82, 2.24) is 23.9 Å². The van der Waals surface area contributed by atoms with E-state index in [4.69, 9.17) is 14.6 Å². The lowest BCUT2D eigenvalue weighted by Crippen LogP contribution is -2.02. The van der Waals surface area contributed by atoms with Gasteiger partial charge in [0.25, 0.3) is 0 Å². The minimum atomic E-state index is 0.792. The fourth-order valence-corrected chi connectivity index (χ4v) is 8.76. The summed E-state index contributed by atoms with van der Waals surface area (Å²) in [6, 6.07) is 66.2. The number of furan rings is 1. The summed E-state index contributed by atoms with van der Waals surface area (Å²) in [5.74, 6) is 1.58. The van der Waals surface area contributed by atoms with Crippen LogP contribution >= 0.6 is 0 Å². The molecule has 0 fully saturated rings. The number of aromatic nitrogens is 5. The summed E-state index contributed by atoms with van der Waals surface area (Å²) in [6.45, 7) is 0. The molecule has 4 heterocycles. The van der Waals surface area contributed by atoms with Gasteiger partial charge in [-0.1, -0.05) is 127 Å². The van der Waals surface area contributed by atoms with Crippen LogP contribution in [0.1, 0.15) is 0 Å². The maximum atomic E-state index is 6.41. The molecule has 0 atom stereocenters. The Hall–Kier alpha value is -7.70. The van der Waals surface area contributed by atoms with Crippen LogP contribution in [-0.2, 0) is 0 Å². The van der Waals surface area contributed by atoms with Crippen molar-refractivity contribution in [3.8, 4) is 39.8 Å². The standard InChI is InChI=1S/C50H31N5O/c1-3-15-32(16-4-1)49-51-52-50(33-17-5-2-6-18-33)55(49)44-27-14-26-43-48(44)38-23-8-11-25-42(38)53(43)34-19-13-20-35(29-34)54-41-24-10-7-21-36(41)39-30-40-37-22-9-12-28-46(37)56-47(40)31-45(39)54/h1-31H. The zero-order valence-corrected chi connectivity index (χ0v) is 30.0. The Balaban J connectivity index is 1.11. The van der Waals surface area contributed by atoms with E-state index in [-0.39, 0.29) is 0 Å². The van der Waals surface area contributed by atoms with E-state index >= 15 is 0 Å². The first kappa shape index (κ1) is 30.7. The zero-order chi connectivity index (χ0) is 36.7. The Morgan fingerprint density at radius 1 is 0.339 bits per heavy atom. The van der Waals surface area contributed by atoms with E-state index in [2.05, 4.69) is 153 Å². The highest BCUT2D eigenvalue weighted by atomic mass is 16.3. The van der Waals surface area contributed by atoms with Gasteiger partial charge in [0.15, 0.2) is 11.6 Å². The summed E-state index contributed by atoms with van der Waals surface area (Å²) < 4.78 is 13.4. The smallest absolute Gasteiger partial charge is 0.168 e. The molecule has 6 heteroatoms. The Bertz CT molecular complexity index is 3420. The minimum Gasteiger partial charge on any atom is -0.456 e. The quantitative estimate of drug-likeness (QED) is 0.178. The van der Waals surface area contributed by atoms with Gasteiger partial charge in [-0.25, -0.2) is 0 Å². The molecule has 0 aliphatic heterocycles. The van der Waals surface area contributed by atoms with Gasteiger partial charge in [0.05, 0.1) is 27.8 Å². The Morgan fingerprint density at radius 3 is 1.61 bits per heavy atom. The largest absolute Gasteiger partial charge is 0.456 e. The van der Waals surface area contributed by atoms with Crippen LogP contribution in [0.5, 0.6) is 0 Å². The average Bonchev–Trinajstić information content (AvgIpc) is 4.03. The first-order valence-electron chi connectivity index (χ1n) is 18.8. The second-order valence-corrected chi connectivity index (χ2v) is 14.3. The van der Waals surface area contributed by atoms with E-state index in [1.807, 2.05) is 48.5 Å². The molecule has 0 aliphatic rings. The van der Waals surface area contributed by atoms with Crippen LogP contribution in [0, 0.1) is 0 Å². The van der Waals surface area contributed by atoms with Crippen molar-refractivity contribution in [2.75, 3.05) is 0 Å². The van der Waals surface area contributed by atoms with Gasteiger partial charge in [0, 0.05) is 60.9 Å². The summed E-state index contributed by atoms with van der Waals surface area (Å²) in [6.07, 6.45) is 0. The van der Waals surface area contributed by atoms with Gasteiger partial charge in [-0.05, 0) is 54.6 Å². The summed E-state index contributed by atoms with van der Waals surface area (Å²) in [4.78, 5) is 0. The SMILES string of the molecule is c1ccc(-c2nnc(-c3ccccc3)n2-c2cccc3c2c2ccccc2n3-c2cccc(-n3c4ccccc4c4cc5c(cc43)oc3ccccc35)c2)cc1. The van der Waals surface area contributed by atoms with Crippen molar-refractivity contribution in [2.24, 2.45) is 0 Å². The van der Waals surface area contributed by atoms with Crippen LogP contribution in [-0.4, -0.2) is 23.9 Å². The predicted octanol–water partition coefficient (Wildman–Crippen LogP) is 12.7. The van der Waals surface area contributed by atoms with Crippen molar-refractivity contribution in [3.63, 3.8) is 0 Å². The highest BCUT2D eigenvalue weighted by Crippen LogP contribution is 2.41. The van der Waals surface area contributed by atoms with Gasteiger partial charge in [0.2, 0.25) is 0 Å². The Kier molecular flexibility index (Phi) is 6.53. The zero-order valence-electron chi connectivity index (χ0n) is 30.0. The van der Waals surface area contributed by atoms with Crippen molar-refractivity contribution >= 4 is 65.6 Å². The highest BCUT2D eigenvalue weighted by Gasteiger charge is 2.23. The molecular formula is C50H31N5O. The second kappa shape index (κ2) is 11.9. The number of rotatable bonds is 5. The molecule has 4 aromatic heterocycles. The molecule has 0 radical (unpaired) electrons. The molecule has 0 spiro atoms. The van der Waals surface area contributed by atoms with E-state index in [9.17, 15) is 0 Å². The molecule has 262 valence electrons. The van der Waals surface area contributed by atoms with E-state index in [1.54, 1.807) is 0 Å². The predicted molar refractivity (Wildman–Crippen MR) is 228 cm³/mol. The molecule has 0 saturated heterocycles. The van der Waals surface area contributed by atoms with E-state index in [1.165, 1.54) is 10.8 Å². The van der Waals surface area contributed by atoms with Crippen molar-refractivity contribution in [2.45, 2.75) is 0 Å². The minimum absolute atomic E-state index is 0.792. The summed E-state index contributed by atoms with van der Waals surface area (Å²) in [5, 5.41) is 16.6. The Labute approximate surface area is 320 Å². The molecule has 12 aromatic rings. The number of hydrogen-bond acceptors (Lipinski definition) is 3. The van der Waals surface area contributed by atoms with Gasteiger partial charge in [0.1, 0.15) is 11.2 Å². The molecule has 6 nitrogen and oxygen atoms in total. The summed E-state index contributed by atoms with van der Waals surface area (Å²) >= 11 is 0. The van der Waals surface area contributed by atoms with Gasteiger partial charge in [-0.3, -0.25) is 4.57 Å². The van der Waals surface area contributed by atoms with E-state index in [0.29, 0.717) is 0 Å². The van der Waals surface area contributed by atoms with Gasteiger partial charge in [-0.2, -0.15) is 0 Å². The second-order valence-electron chi connectivity index (χ2n) is 14.3. The normalized spacial score (nSPS) is 11.9. The monoisotopic (exact) mass is 717 g/mol. The number of hydrogen-bond donors (Lipinski definition) is 0. The van der Waals surface area contributed by atoms with Crippen LogP contribution in [0.4, 0.5) is 0 Å². The lowest BCUT2D eigenvalue weighted by Gasteiger charge is -2.14. The fourth-order valence-electron chi connectivity index (χ4n) is 8.76. The van der Waals surface area contributed by atoms with E-state index in [0.717, 1.165) is 94.6 Å². The lowest BCUT2D eigenvalue weighted by molar-refractivity contribution is 0.669. The van der Waals surface area contributed by atoms with Gasteiger partial charge in [-0.15, -0.1) is 10.2 Å². The van der Waals surface area contributed by atoms with Crippen LogP contribution in [0.15, 0.2) is 192 Å².